The van der Waals surface area contributed by atoms with Crippen LogP contribution in [0.3, 0.4) is 0 Å². The minimum Gasteiger partial charge on any atom is -0.381 e. The Morgan fingerprint density at radius 2 is 1.58 bits per heavy atom. The van der Waals surface area contributed by atoms with E-state index in [4.69, 9.17) is 0 Å². The number of benzene rings is 2. The summed E-state index contributed by atoms with van der Waals surface area (Å²) in [5.74, 6) is 0.0324. The van der Waals surface area contributed by atoms with Crippen LogP contribution in [0, 0.1) is 0 Å². The van der Waals surface area contributed by atoms with Crippen molar-refractivity contribution in [2.75, 3.05) is 10.6 Å². The first-order valence-corrected chi connectivity index (χ1v) is 6.45. The van der Waals surface area contributed by atoms with Gasteiger partial charge >= 0.3 is 0 Å². The number of carbonyl (C=O) groups is 1. The minimum atomic E-state index is 0.0324. The zero-order valence-electron chi connectivity index (χ0n) is 11.0. The fourth-order valence-corrected chi connectivity index (χ4v) is 1.72. The van der Waals surface area contributed by atoms with Gasteiger partial charge in [-0.1, -0.05) is 37.3 Å². The largest absolute Gasteiger partial charge is 0.381 e. The summed E-state index contributed by atoms with van der Waals surface area (Å²) in [5.41, 5.74) is 3.11. The number of rotatable bonds is 5. The van der Waals surface area contributed by atoms with Crippen LogP contribution in [-0.4, -0.2) is 5.91 Å². The van der Waals surface area contributed by atoms with Gasteiger partial charge in [0.25, 0.3) is 0 Å². The van der Waals surface area contributed by atoms with Gasteiger partial charge in [0.15, 0.2) is 0 Å². The highest BCUT2D eigenvalue weighted by atomic mass is 16.1. The molecule has 98 valence electrons. The molecule has 0 aliphatic rings. The Hall–Kier alpha value is -2.29. The van der Waals surface area contributed by atoms with Crippen molar-refractivity contribution in [1.82, 2.24) is 0 Å². The van der Waals surface area contributed by atoms with Crippen molar-refractivity contribution in [3.05, 3.63) is 60.2 Å². The molecule has 0 unspecified atom stereocenters. The van der Waals surface area contributed by atoms with Gasteiger partial charge in [0.1, 0.15) is 0 Å². The summed E-state index contributed by atoms with van der Waals surface area (Å²) in [6, 6.07) is 18.0. The second-order valence-electron chi connectivity index (χ2n) is 4.32. The number of nitrogens with one attached hydrogen (secondary N) is 2. The zero-order valence-corrected chi connectivity index (χ0v) is 11.0. The molecule has 1 amide bonds. The molecule has 0 aliphatic heterocycles. The first-order valence-electron chi connectivity index (χ1n) is 6.45. The molecular formula is C16H18N2O. The fourth-order valence-electron chi connectivity index (χ4n) is 1.72. The van der Waals surface area contributed by atoms with E-state index in [0.717, 1.165) is 17.9 Å². The lowest BCUT2D eigenvalue weighted by molar-refractivity contribution is -0.115. The average Bonchev–Trinajstić information content (AvgIpc) is 2.47. The van der Waals surface area contributed by atoms with Crippen LogP contribution in [-0.2, 0) is 11.3 Å². The van der Waals surface area contributed by atoms with Crippen LogP contribution < -0.4 is 10.6 Å². The molecular weight excluding hydrogens is 236 g/mol. The smallest absolute Gasteiger partial charge is 0.224 e. The summed E-state index contributed by atoms with van der Waals surface area (Å²) < 4.78 is 0. The van der Waals surface area contributed by atoms with Gasteiger partial charge in [0, 0.05) is 24.3 Å². The van der Waals surface area contributed by atoms with Crippen LogP contribution >= 0.6 is 0 Å². The van der Waals surface area contributed by atoms with E-state index < -0.39 is 0 Å². The number of amides is 1. The van der Waals surface area contributed by atoms with Crippen molar-refractivity contribution in [1.29, 1.82) is 0 Å². The average molecular weight is 254 g/mol. The molecule has 3 nitrogen and oxygen atoms in total. The summed E-state index contributed by atoms with van der Waals surface area (Å²) in [7, 11) is 0. The Morgan fingerprint density at radius 1 is 0.947 bits per heavy atom. The summed E-state index contributed by atoms with van der Waals surface area (Å²) in [6.45, 7) is 2.63. The van der Waals surface area contributed by atoms with E-state index in [-0.39, 0.29) is 5.91 Å². The number of anilines is 2. The van der Waals surface area contributed by atoms with Crippen molar-refractivity contribution < 1.29 is 4.79 Å². The highest BCUT2D eigenvalue weighted by Gasteiger charge is 1.99. The summed E-state index contributed by atoms with van der Waals surface area (Å²) in [4.78, 5) is 11.3. The van der Waals surface area contributed by atoms with E-state index in [9.17, 15) is 4.79 Å². The molecule has 0 bridgehead atoms. The van der Waals surface area contributed by atoms with Crippen LogP contribution in [0.25, 0.3) is 0 Å². The van der Waals surface area contributed by atoms with Crippen LogP contribution in [0.15, 0.2) is 54.6 Å². The zero-order chi connectivity index (χ0) is 13.5. The Bertz CT molecular complexity index is 520. The monoisotopic (exact) mass is 254 g/mol. The Kier molecular flexibility index (Phi) is 4.56. The minimum absolute atomic E-state index is 0.0324. The molecule has 0 saturated heterocycles. The molecule has 0 fully saturated rings. The SMILES string of the molecule is CCC(=O)Nc1ccc(NCc2ccccc2)cc1. The quantitative estimate of drug-likeness (QED) is 0.855. The molecule has 0 spiro atoms. The van der Waals surface area contributed by atoms with E-state index >= 15 is 0 Å². The first kappa shape index (κ1) is 13.1. The van der Waals surface area contributed by atoms with E-state index in [2.05, 4.69) is 22.8 Å². The van der Waals surface area contributed by atoms with E-state index in [1.165, 1.54) is 5.56 Å². The Morgan fingerprint density at radius 3 is 2.21 bits per heavy atom. The standard InChI is InChI=1S/C16H18N2O/c1-2-16(19)18-15-10-8-14(9-11-15)17-12-13-6-4-3-5-7-13/h3-11,17H,2,12H2,1H3,(H,18,19). The van der Waals surface area contributed by atoms with E-state index in [0.29, 0.717) is 6.42 Å². The number of hydrogen-bond donors (Lipinski definition) is 2. The van der Waals surface area contributed by atoms with Crippen LogP contribution in [0.2, 0.25) is 0 Å². The summed E-state index contributed by atoms with van der Waals surface area (Å²) >= 11 is 0. The lowest BCUT2D eigenvalue weighted by atomic mass is 10.2. The van der Waals surface area contributed by atoms with Gasteiger partial charge in [0.05, 0.1) is 0 Å². The van der Waals surface area contributed by atoms with Crippen molar-refractivity contribution in [3.8, 4) is 0 Å². The predicted octanol–water partition coefficient (Wildman–Crippen LogP) is 3.65. The highest BCUT2D eigenvalue weighted by Crippen LogP contribution is 2.14. The maximum atomic E-state index is 11.3. The van der Waals surface area contributed by atoms with Gasteiger partial charge in [-0.3, -0.25) is 4.79 Å². The molecule has 0 aromatic heterocycles. The third kappa shape index (κ3) is 4.14. The topological polar surface area (TPSA) is 41.1 Å². The molecule has 0 saturated carbocycles. The maximum absolute atomic E-state index is 11.3. The summed E-state index contributed by atoms with van der Waals surface area (Å²) in [6.07, 6.45) is 0.494. The van der Waals surface area contributed by atoms with E-state index in [1.807, 2.05) is 49.4 Å². The van der Waals surface area contributed by atoms with E-state index in [1.54, 1.807) is 0 Å². The van der Waals surface area contributed by atoms with Crippen molar-refractivity contribution in [2.45, 2.75) is 19.9 Å². The second-order valence-corrected chi connectivity index (χ2v) is 4.32. The molecule has 0 radical (unpaired) electrons. The third-order valence-corrected chi connectivity index (χ3v) is 2.83. The molecule has 0 aliphatic carbocycles. The molecule has 0 atom stereocenters. The molecule has 2 aromatic rings. The van der Waals surface area contributed by atoms with Gasteiger partial charge in [0.2, 0.25) is 5.91 Å². The number of hydrogen-bond acceptors (Lipinski definition) is 2. The highest BCUT2D eigenvalue weighted by molar-refractivity contribution is 5.90. The second kappa shape index (κ2) is 6.59. The first-order chi connectivity index (χ1) is 9.28. The van der Waals surface area contributed by atoms with Crippen LogP contribution in [0.1, 0.15) is 18.9 Å². The van der Waals surface area contributed by atoms with Gasteiger partial charge < -0.3 is 10.6 Å². The molecule has 3 heteroatoms. The predicted molar refractivity (Wildman–Crippen MR) is 79.1 cm³/mol. The molecule has 2 aromatic carbocycles. The summed E-state index contributed by atoms with van der Waals surface area (Å²) in [5, 5.41) is 6.17. The lowest BCUT2D eigenvalue weighted by Gasteiger charge is -2.08. The van der Waals surface area contributed by atoms with Gasteiger partial charge in [-0.25, -0.2) is 0 Å². The van der Waals surface area contributed by atoms with Crippen molar-refractivity contribution in [3.63, 3.8) is 0 Å². The van der Waals surface area contributed by atoms with Crippen LogP contribution in [0.5, 0.6) is 0 Å². The van der Waals surface area contributed by atoms with Crippen LogP contribution in [0.4, 0.5) is 11.4 Å². The molecule has 19 heavy (non-hydrogen) atoms. The molecule has 0 heterocycles. The Labute approximate surface area is 113 Å². The normalized spacial score (nSPS) is 9.95. The van der Waals surface area contributed by atoms with Crippen molar-refractivity contribution >= 4 is 17.3 Å². The number of carbonyl (C=O) groups excluding carboxylic acids is 1. The Balaban J connectivity index is 1.90. The molecule has 2 rings (SSSR count). The fraction of sp³-hybridized carbons (Fsp3) is 0.188. The maximum Gasteiger partial charge on any atom is 0.224 e. The lowest BCUT2D eigenvalue weighted by Crippen LogP contribution is -2.09. The van der Waals surface area contributed by atoms with Crippen molar-refractivity contribution in [2.24, 2.45) is 0 Å². The van der Waals surface area contributed by atoms with Gasteiger partial charge in [-0.15, -0.1) is 0 Å². The third-order valence-electron chi connectivity index (χ3n) is 2.83. The van der Waals surface area contributed by atoms with Gasteiger partial charge in [-0.05, 0) is 29.8 Å². The van der Waals surface area contributed by atoms with Gasteiger partial charge in [-0.2, -0.15) is 0 Å². The molecule has 2 N–H and O–H groups in total.